The molecule has 0 amide bonds. The Labute approximate surface area is 142 Å². The number of pyridine rings is 1. The highest BCUT2D eigenvalue weighted by molar-refractivity contribution is 7.99. The van der Waals surface area contributed by atoms with Gasteiger partial charge in [-0.2, -0.15) is 0 Å². The topological polar surface area (TPSA) is 42.4 Å². The van der Waals surface area contributed by atoms with Gasteiger partial charge in [-0.15, -0.1) is 24.2 Å². The normalized spacial score (nSPS) is 11.8. The molecule has 0 saturated carbocycles. The maximum atomic E-state index is 10.0. The number of ether oxygens (including phenoxy) is 1. The molecular formula is C17H22ClNO2S. The molecule has 22 heavy (non-hydrogen) atoms. The molecule has 0 aliphatic rings. The molecule has 1 atom stereocenters. The van der Waals surface area contributed by atoms with Crippen LogP contribution in [0.3, 0.4) is 0 Å². The second-order valence-electron chi connectivity index (χ2n) is 5.14. The molecule has 1 aromatic heterocycles. The number of para-hydroxylation sites is 1. The summed E-state index contributed by atoms with van der Waals surface area (Å²) in [5.74, 6) is 1.83. The zero-order valence-electron chi connectivity index (χ0n) is 12.8. The van der Waals surface area contributed by atoms with Crippen molar-refractivity contribution < 1.29 is 9.84 Å². The fourth-order valence-electron chi connectivity index (χ4n) is 1.94. The third kappa shape index (κ3) is 5.87. The van der Waals surface area contributed by atoms with Crippen LogP contribution in [-0.2, 0) is 0 Å². The molecule has 0 bridgehead atoms. The molecule has 0 aliphatic heterocycles. The van der Waals surface area contributed by atoms with Crippen LogP contribution < -0.4 is 4.74 Å². The van der Waals surface area contributed by atoms with Crippen LogP contribution >= 0.6 is 24.2 Å². The molecule has 0 aliphatic carbocycles. The lowest BCUT2D eigenvalue weighted by Crippen LogP contribution is -2.20. The molecule has 5 heteroatoms. The molecule has 0 radical (unpaired) electrons. The first-order valence-electron chi connectivity index (χ1n) is 7.10. The Morgan fingerprint density at radius 3 is 2.55 bits per heavy atom. The van der Waals surface area contributed by atoms with Gasteiger partial charge in [0, 0.05) is 11.9 Å². The molecule has 0 spiro atoms. The van der Waals surface area contributed by atoms with E-state index in [4.69, 9.17) is 4.74 Å². The van der Waals surface area contributed by atoms with E-state index in [0.717, 1.165) is 10.8 Å². The van der Waals surface area contributed by atoms with Gasteiger partial charge in [0.15, 0.2) is 0 Å². The highest BCUT2D eigenvalue weighted by atomic mass is 35.5. The van der Waals surface area contributed by atoms with Crippen molar-refractivity contribution in [2.75, 3.05) is 12.4 Å². The Bertz CT molecular complexity index is 551. The summed E-state index contributed by atoms with van der Waals surface area (Å²) in [5.41, 5.74) is 1.17. The SMILES string of the molecule is CC(C)c1ccccc1OCC(O)CSc1ccccn1.Cl. The van der Waals surface area contributed by atoms with Crippen molar-refractivity contribution >= 4 is 24.2 Å². The number of aromatic nitrogens is 1. The van der Waals surface area contributed by atoms with Crippen LogP contribution in [0.1, 0.15) is 25.3 Å². The van der Waals surface area contributed by atoms with Crippen molar-refractivity contribution in [3.8, 4) is 5.75 Å². The summed E-state index contributed by atoms with van der Waals surface area (Å²) in [6, 6.07) is 13.7. The fraction of sp³-hybridized carbons (Fsp3) is 0.353. The molecule has 1 heterocycles. The first-order valence-corrected chi connectivity index (χ1v) is 8.09. The monoisotopic (exact) mass is 339 g/mol. The number of nitrogens with zero attached hydrogens (tertiary/aromatic N) is 1. The number of halogens is 1. The lowest BCUT2D eigenvalue weighted by atomic mass is 10.0. The van der Waals surface area contributed by atoms with Gasteiger partial charge >= 0.3 is 0 Å². The minimum Gasteiger partial charge on any atom is -0.491 e. The van der Waals surface area contributed by atoms with Crippen molar-refractivity contribution in [1.29, 1.82) is 0 Å². The number of hydrogen-bond donors (Lipinski definition) is 1. The van der Waals surface area contributed by atoms with E-state index in [-0.39, 0.29) is 12.4 Å². The largest absolute Gasteiger partial charge is 0.491 e. The van der Waals surface area contributed by atoms with E-state index >= 15 is 0 Å². The van der Waals surface area contributed by atoms with E-state index in [1.807, 2.05) is 36.4 Å². The Hall–Kier alpha value is -1.23. The number of thioether (sulfide) groups is 1. The summed E-state index contributed by atoms with van der Waals surface area (Å²) < 4.78 is 5.76. The van der Waals surface area contributed by atoms with Gasteiger partial charge in [0.05, 0.1) is 11.1 Å². The Kier molecular flexibility index (Phi) is 8.31. The van der Waals surface area contributed by atoms with Gasteiger partial charge in [0.1, 0.15) is 12.4 Å². The van der Waals surface area contributed by atoms with E-state index in [9.17, 15) is 5.11 Å². The summed E-state index contributed by atoms with van der Waals surface area (Å²) in [4.78, 5) is 4.22. The molecular weight excluding hydrogens is 318 g/mol. The molecule has 1 aromatic carbocycles. The maximum Gasteiger partial charge on any atom is 0.122 e. The highest BCUT2D eigenvalue weighted by Crippen LogP contribution is 2.26. The van der Waals surface area contributed by atoms with Crippen LogP contribution in [0.5, 0.6) is 5.75 Å². The van der Waals surface area contributed by atoms with Crippen molar-refractivity contribution in [2.24, 2.45) is 0 Å². The van der Waals surface area contributed by atoms with E-state index in [2.05, 4.69) is 24.9 Å². The molecule has 3 nitrogen and oxygen atoms in total. The van der Waals surface area contributed by atoms with Crippen molar-refractivity contribution in [3.63, 3.8) is 0 Å². The fourth-order valence-corrected chi connectivity index (χ4v) is 2.71. The smallest absolute Gasteiger partial charge is 0.122 e. The predicted molar refractivity (Wildman–Crippen MR) is 94.2 cm³/mol. The first-order chi connectivity index (χ1) is 10.2. The summed E-state index contributed by atoms with van der Waals surface area (Å²) in [6.07, 6.45) is 1.24. The Balaban J connectivity index is 0.00000242. The predicted octanol–water partition coefficient (Wildman–Crippen LogP) is 4.16. The molecule has 0 fully saturated rings. The average molecular weight is 340 g/mol. The summed E-state index contributed by atoms with van der Waals surface area (Å²) in [5, 5.41) is 10.9. The summed E-state index contributed by atoms with van der Waals surface area (Å²) >= 11 is 1.53. The van der Waals surface area contributed by atoms with Crippen LogP contribution in [0.15, 0.2) is 53.7 Å². The van der Waals surface area contributed by atoms with Crippen molar-refractivity contribution in [2.45, 2.75) is 30.9 Å². The number of aliphatic hydroxyl groups excluding tert-OH is 1. The standard InChI is InChI=1S/C17H21NO2S.ClH/c1-13(2)15-7-3-4-8-16(15)20-11-14(19)12-21-17-9-5-6-10-18-17;/h3-10,13-14,19H,11-12H2,1-2H3;1H. The van der Waals surface area contributed by atoms with Crippen LogP contribution in [0.2, 0.25) is 0 Å². The zero-order valence-corrected chi connectivity index (χ0v) is 14.4. The van der Waals surface area contributed by atoms with Crippen LogP contribution in [0.25, 0.3) is 0 Å². The van der Waals surface area contributed by atoms with E-state index < -0.39 is 6.10 Å². The van der Waals surface area contributed by atoms with Gasteiger partial charge in [0.25, 0.3) is 0 Å². The highest BCUT2D eigenvalue weighted by Gasteiger charge is 2.10. The molecule has 120 valence electrons. The van der Waals surface area contributed by atoms with Gasteiger partial charge in [-0.3, -0.25) is 0 Å². The first kappa shape index (κ1) is 18.8. The lowest BCUT2D eigenvalue weighted by molar-refractivity contribution is 0.125. The number of benzene rings is 1. The van der Waals surface area contributed by atoms with Gasteiger partial charge in [-0.05, 0) is 29.7 Å². The third-order valence-corrected chi connectivity index (χ3v) is 4.12. The second-order valence-corrected chi connectivity index (χ2v) is 6.18. The molecule has 0 saturated heterocycles. The second kappa shape index (κ2) is 9.72. The van der Waals surface area contributed by atoms with Gasteiger partial charge in [-0.1, -0.05) is 38.1 Å². The summed E-state index contributed by atoms with van der Waals surface area (Å²) in [6.45, 7) is 4.56. The summed E-state index contributed by atoms with van der Waals surface area (Å²) in [7, 11) is 0. The van der Waals surface area contributed by atoms with Gasteiger partial charge < -0.3 is 9.84 Å². The lowest BCUT2D eigenvalue weighted by Gasteiger charge is -2.16. The zero-order chi connectivity index (χ0) is 15.1. The van der Waals surface area contributed by atoms with Gasteiger partial charge in [0.2, 0.25) is 0 Å². The maximum absolute atomic E-state index is 10.0. The number of hydrogen-bond acceptors (Lipinski definition) is 4. The third-order valence-electron chi connectivity index (χ3n) is 3.03. The van der Waals surface area contributed by atoms with Crippen molar-refractivity contribution in [3.05, 3.63) is 54.2 Å². The molecule has 1 N–H and O–H groups in total. The van der Waals surface area contributed by atoms with E-state index in [0.29, 0.717) is 18.3 Å². The quantitative estimate of drug-likeness (QED) is 0.769. The number of rotatable bonds is 7. The molecule has 2 rings (SSSR count). The Morgan fingerprint density at radius 1 is 1.14 bits per heavy atom. The van der Waals surface area contributed by atoms with Crippen LogP contribution in [0, 0.1) is 0 Å². The van der Waals surface area contributed by atoms with Gasteiger partial charge in [-0.25, -0.2) is 4.98 Å². The number of aliphatic hydroxyl groups is 1. The molecule has 2 aromatic rings. The van der Waals surface area contributed by atoms with Crippen molar-refractivity contribution in [1.82, 2.24) is 4.98 Å². The Morgan fingerprint density at radius 2 is 1.86 bits per heavy atom. The minimum absolute atomic E-state index is 0. The molecule has 1 unspecified atom stereocenters. The van der Waals surface area contributed by atoms with Crippen LogP contribution in [-0.4, -0.2) is 28.6 Å². The van der Waals surface area contributed by atoms with Crippen LogP contribution in [0.4, 0.5) is 0 Å². The van der Waals surface area contributed by atoms with E-state index in [1.165, 1.54) is 17.3 Å². The van der Waals surface area contributed by atoms with E-state index in [1.54, 1.807) is 6.20 Å². The minimum atomic E-state index is -0.516. The average Bonchev–Trinajstić information content (AvgIpc) is 2.52.